The normalized spacial score (nSPS) is 24.5. The van der Waals surface area contributed by atoms with Crippen molar-refractivity contribution in [3.8, 4) is 0 Å². The molecular weight excluding hydrogens is 256 g/mol. The van der Waals surface area contributed by atoms with Crippen molar-refractivity contribution in [3.63, 3.8) is 0 Å². The van der Waals surface area contributed by atoms with Gasteiger partial charge in [0.1, 0.15) is 0 Å². The highest BCUT2D eigenvalue weighted by molar-refractivity contribution is 5.76. The van der Waals surface area contributed by atoms with Crippen molar-refractivity contribution in [2.24, 2.45) is 5.92 Å². The van der Waals surface area contributed by atoms with Crippen molar-refractivity contribution < 1.29 is 14.7 Å². The first-order valence-corrected chi connectivity index (χ1v) is 7.80. The second-order valence-electron chi connectivity index (χ2n) is 6.01. The Kier molecular flexibility index (Phi) is 7.41. The maximum Gasteiger partial charge on any atom is 0.315 e. The van der Waals surface area contributed by atoms with Gasteiger partial charge in [0.25, 0.3) is 0 Å². The summed E-state index contributed by atoms with van der Waals surface area (Å²) in [5, 5.41) is 14.6. The van der Waals surface area contributed by atoms with Crippen molar-refractivity contribution in [1.82, 2.24) is 10.6 Å². The highest BCUT2D eigenvalue weighted by atomic mass is 16.4. The van der Waals surface area contributed by atoms with Gasteiger partial charge in [0.2, 0.25) is 0 Å². The van der Waals surface area contributed by atoms with Gasteiger partial charge in [-0.1, -0.05) is 33.1 Å². The molecule has 5 heteroatoms. The van der Waals surface area contributed by atoms with E-state index in [0.717, 1.165) is 38.0 Å². The molecule has 0 saturated heterocycles. The minimum Gasteiger partial charge on any atom is -0.481 e. The maximum atomic E-state index is 12.0. The summed E-state index contributed by atoms with van der Waals surface area (Å²) in [5.41, 5.74) is 0. The molecule has 0 aliphatic heterocycles. The molecule has 5 nitrogen and oxygen atoms in total. The fourth-order valence-corrected chi connectivity index (χ4v) is 2.83. The van der Waals surface area contributed by atoms with Crippen LogP contribution in [0.25, 0.3) is 0 Å². The third-order valence-electron chi connectivity index (χ3n) is 3.99. The molecule has 3 atom stereocenters. The monoisotopic (exact) mass is 284 g/mol. The van der Waals surface area contributed by atoms with Crippen LogP contribution < -0.4 is 10.6 Å². The SMILES string of the molecule is CCCC(CC(=O)O)NC(=O)NC1CCCC(C)CC1. The van der Waals surface area contributed by atoms with E-state index in [1.54, 1.807) is 0 Å². The van der Waals surface area contributed by atoms with E-state index in [2.05, 4.69) is 17.6 Å². The summed E-state index contributed by atoms with van der Waals surface area (Å²) in [6.45, 7) is 4.24. The van der Waals surface area contributed by atoms with Gasteiger partial charge in [-0.25, -0.2) is 4.79 Å². The number of carboxylic acids is 1. The Bertz CT molecular complexity index is 320. The molecule has 1 aliphatic carbocycles. The smallest absolute Gasteiger partial charge is 0.315 e. The quantitative estimate of drug-likeness (QED) is 0.656. The molecule has 20 heavy (non-hydrogen) atoms. The van der Waals surface area contributed by atoms with E-state index < -0.39 is 5.97 Å². The molecule has 1 fully saturated rings. The van der Waals surface area contributed by atoms with Gasteiger partial charge in [-0.05, 0) is 31.6 Å². The fourth-order valence-electron chi connectivity index (χ4n) is 2.83. The molecule has 2 amide bonds. The van der Waals surface area contributed by atoms with Gasteiger partial charge in [-0.2, -0.15) is 0 Å². The van der Waals surface area contributed by atoms with E-state index in [9.17, 15) is 9.59 Å². The largest absolute Gasteiger partial charge is 0.481 e. The van der Waals surface area contributed by atoms with Gasteiger partial charge in [-0.3, -0.25) is 4.79 Å². The Balaban J connectivity index is 2.38. The Morgan fingerprint density at radius 1 is 1.25 bits per heavy atom. The Labute approximate surface area is 121 Å². The van der Waals surface area contributed by atoms with E-state index >= 15 is 0 Å². The predicted molar refractivity (Wildman–Crippen MR) is 78.7 cm³/mol. The van der Waals surface area contributed by atoms with Crippen molar-refractivity contribution in [3.05, 3.63) is 0 Å². The van der Waals surface area contributed by atoms with Crippen LogP contribution >= 0.6 is 0 Å². The van der Waals surface area contributed by atoms with E-state index in [1.165, 1.54) is 6.42 Å². The summed E-state index contributed by atoms with van der Waals surface area (Å²) in [4.78, 5) is 22.7. The maximum absolute atomic E-state index is 12.0. The zero-order valence-electron chi connectivity index (χ0n) is 12.7. The molecule has 3 unspecified atom stereocenters. The molecule has 116 valence electrons. The standard InChI is InChI=1S/C15H28N2O3/c1-3-5-13(10-14(18)19)17-15(20)16-12-7-4-6-11(2)8-9-12/h11-13H,3-10H2,1-2H3,(H,18,19)(H2,16,17,20). The lowest BCUT2D eigenvalue weighted by molar-refractivity contribution is -0.137. The van der Waals surface area contributed by atoms with Crippen LogP contribution in [0.2, 0.25) is 0 Å². The third-order valence-corrected chi connectivity index (χ3v) is 3.99. The number of carboxylic acid groups (broad SMARTS) is 1. The van der Waals surface area contributed by atoms with Gasteiger partial charge in [-0.15, -0.1) is 0 Å². The second kappa shape index (κ2) is 8.82. The lowest BCUT2D eigenvalue weighted by Crippen LogP contribution is -2.46. The van der Waals surface area contributed by atoms with E-state index in [0.29, 0.717) is 6.42 Å². The van der Waals surface area contributed by atoms with Crippen LogP contribution in [-0.2, 0) is 4.79 Å². The number of hydrogen-bond donors (Lipinski definition) is 3. The molecular formula is C15H28N2O3. The van der Waals surface area contributed by atoms with Crippen molar-refractivity contribution >= 4 is 12.0 Å². The highest BCUT2D eigenvalue weighted by Crippen LogP contribution is 2.22. The Hall–Kier alpha value is -1.26. The van der Waals surface area contributed by atoms with Crippen LogP contribution in [0.3, 0.4) is 0 Å². The van der Waals surface area contributed by atoms with E-state index in [4.69, 9.17) is 5.11 Å². The Morgan fingerprint density at radius 3 is 2.65 bits per heavy atom. The molecule has 0 radical (unpaired) electrons. The summed E-state index contributed by atoms with van der Waals surface area (Å²) in [6.07, 6.45) is 7.13. The first-order valence-electron chi connectivity index (χ1n) is 7.80. The molecule has 3 N–H and O–H groups in total. The number of aliphatic carboxylic acids is 1. The summed E-state index contributed by atoms with van der Waals surface area (Å²) in [6, 6.07) is -0.265. The molecule has 0 aromatic carbocycles. The second-order valence-corrected chi connectivity index (χ2v) is 6.01. The summed E-state index contributed by atoms with van der Waals surface area (Å²) in [5.74, 6) is -0.128. The minimum atomic E-state index is -0.868. The lowest BCUT2D eigenvalue weighted by atomic mass is 10.0. The first-order chi connectivity index (χ1) is 9.51. The summed E-state index contributed by atoms with van der Waals surface area (Å²) < 4.78 is 0. The minimum absolute atomic E-state index is 0.0110. The van der Waals surface area contributed by atoms with Crippen LogP contribution in [0, 0.1) is 5.92 Å². The summed E-state index contributed by atoms with van der Waals surface area (Å²) >= 11 is 0. The summed E-state index contributed by atoms with van der Waals surface area (Å²) in [7, 11) is 0. The molecule has 1 saturated carbocycles. The first kappa shape index (κ1) is 16.8. The lowest BCUT2D eigenvalue weighted by Gasteiger charge is -2.21. The predicted octanol–water partition coefficient (Wildman–Crippen LogP) is 2.90. The van der Waals surface area contributed by atoms with Gasteiger partial charge < -0.3 is 15.7 Å². The van der Waals surface area contributed by atoms with E-state index in [1.807, 2.05) is 6.92 Å². The number of carbonyl (C=O) groups excluding carboxylic acids is 1. The highest BCUT2D eigenvalue weighted by Gasteiger charge is 2.20. The van der Waals surface area contributed by atoms with Gasteiger partial charge in [0.05, 0.1) is 6.42 Å². The van der Waals surface area contributed by atoms with Gasteiger partial charge >= 0.3 is 12.0 Å². The van der Waals surface area contributed by atoms with Crippen LogP contribution in [0.4, 0.5) is 4.79 Å². The van der Waals surface area contributed by atoms with Crippen LogP contribution in [0.1, 0.15) is 65.2 Å². The number of urea groups is 1. The number of amides is 2. The molecule has 0 bridgehead atoms. The van der Waals surface area contributed by atoms with Crippen LogP contribution in [-0.4, -0.2) is 29.2 Å². The van der Waals surface area contributed by atoms with Gasteiger partial charge in [0, 0.05) is 12.1 Å². The number of hydrogen-bond acceptors (Lipinski definition) is 2. The van der Waals surface area contributed by atoms with Crippen molar-refractivity contribution in [2.75, 3.05) is 0 Å². The average Bonchev–Trinajstić information content (AvgIpc) is 2.54. The Morgan fingerprint density at radius 2 is 2.00 bits per heavy atom. The number of carbonyl (C=O) groups is 2. The number of rotatable bonds is 6. The molecule has 0 heterocycles. The van der Waals surface area contributed by atoms with Crippen LogP contribution in [0.15, 0.2) is 0 Å². The van der Waals surface area contributed by atoms with Crippen LogP contribution in [0.5, 0.6) is 0 Å². The molecule has 1 aliphatic rings. The zero-order valence-corrected chi connectivity index (χ0v) is 12.7. The van der Waals surface area contributed by atoms with Crippen molar-refractivity contribution in [1.29, 1.82) is 0 Å². The van der Waals surface area contributed by atoms with E-state index in [-0.39, 0.29) is 24.5 Å². The molecule has 0 aromatic heterocycles. The fraction of sp³-hybridized carbons (Fsp3) is 0.867. The third kappa shape index (κ3) is 6.78. The molecule has 1 rings (SSSR count). The zero-order chi connectivity index (χ0) is 15.0. The molecule has 0 spiro atoms. The van der Waals surface area contributed by atoms with Gasteiger partial charge in [0.15, 0.2) is 0 Å². The average molecular weight is 284 g/mol. The van der Waals surface area contributed by atoms with Crippen molar-refractivity contribution in [2.45, 2.75) is 77.3 Å². The topological polar surface area (TPSA) is 78.4 Å². The number of nitrogens with one attached hydrogen (secondary N) is 2. The molecule has 0 aromatic rings.